The molecule has 0 heterocycles. The van der Waals surface area contributed by atoms with Gasteiger partial charge in [-0.25, -0.2) is 0 Å². The van der Waals surface area contributed by atoms with E-state index in [9.17, 15) is 24.1 Å². The average Bonchev–Trinajstić information content (AvgIpc) is 1.59. The van der Waals surface area contributed by atoms with Crippen molar-refractivity contribution in [2.75, 3.05) is 6.73 Å². The molecule has 9 heavy (non-hydrogen) atoms. The van der Waals surface area contributed by atoms with Crippen LogP contribution in [0, 0.1) is 20.4 Å². The molecule has 54 valence electrons. The molecule has 0 unspecified atom stereocenters. The van der Waals surface area contributed by atoms with Crippen LogP contribution in [0.4, 0.5) is 0 Å². The first-order valence-corrected chi connectivity index (χ1v) is 2.82. The Labute approximate surface area is 51.3 Å². The molecule has 0 fully saturated rings. The summed E-state index contributed by atoms with van der Waals surface area (Å²) < 4.78 is 31.5. The summed E-state index contributed by atoms with van der Waals surface area (Å²) in [7, 11) is -4.66. The molecule has 0 aliphatic rings. The lowest BCUT2D eigenvalue weighted by Crippen LogP contribution is -2.61. The second-order valence-electron chi connectivity index (χ2n) is 0.949. The van der Waals surface area contributed by atoms with Crippen LogP contribution in [0.5, 0.6) is 0 Å². The average molecular weight is 159 g/mol. The first-order valence-electron chi connectivity index (χ1n) is 1.59. The van der Waals surface area contributed by atoms with E-state index in [1.165, 1.54) is 0 Å². The minimum Gasteiger partial charge on any atom is -0.262 e. The lowest BCUT2D eigenvalue weighted by atomic mass is 11.4. The second kappa shape index (κ2) is 2.90. The Morgan fingerprint density at radius 1 is 1.44 bits per heavy atom. The van der Waals surface area contributed by atoms with Gasteiger partial charge >= 0.3 is 6.73 Å². The predicted octanol–water partition coefficient (Wildman–Crippen LogP) is -3.87. The smallest absolute Gasteiger partial charge is 0.262 e. The first-order chi connectivity index (χ1) is 3.92. The van der Waals surface area contributed by atoms with Crippen molar-refractivity contribution >= 4 is 0 Å². The van der Waals surface area contributed by atoms with E-state index < -0.39 is 21.9 Å². The van der Waals surface area contributed by atoms with Crippen LogP contribution in [0.15, 0.2) is 0 Å². The minimum atomic E-state index is -4.66. The van der Waals surface area contributed by atoms with E-state index in [0.29, 0.717) is 0 Å². The second-order valence-corrected chi connectivity index (χ2v) is 1.92. The van der Waals surface area contributed by atoms with Crippen LogP contribution in [0.2, 0.25) is 0 Å². The van der Waals surface area contributed by atoms with E-state index in [1.54, 1.807) is 0 Å². The number of halogens is 1. The normalized spacial score (nSPS) is 11.4. The number of rotatable bonds is 3. The highest BCUT2D eigenvalue weighted by Gasteiger charge is 2.21. The van der Waals surface area contributed by atoms with Gasteiger partial charge in [0.25, 0.3) is 0 Å². The lowest BCUT2D eigenvalue weighted by molar-refractivity contribution is -1.92. The molecule has 0 rings (SSSR count). The summed E-state index contributed by atoms with van der Waals surface area (Å²) in [6.07, 6.45) is 0. The summed E-state index contributed by atoms with van der Waals surface area (Å²) in [5.74, 6) is 0. The largest absolute Gasteiger partial charge is 0.446 e. The molecule has 0 aliphatic carbocycles. The number of nitrogens with zero attached hydrogens (tertiary/aromatic N) is 1. The first kappa shape index (κ1) is 8.53. The zero-order valence-electron chi connectivity index (χ0n) is 3.98. The minimum absolute atomic E-state index is 1.08. The highest BCUT2D eigenvalue weighted by atomic mass is 35.7. The molecule has 7 nitrogen and oxygen atoms in total. The summed E-state index contributed by atoms with van der Waals surface area (Å²) in [6, 6.07) is 0. The third-order valence-electron chi connectivity index (χ3n) is 0.288. The maximum atomic E-state index is 9.43. The van der Waals surface area contributed by atoms with Crippen LogP contribution in [-0.2, 0) is 4.29 Å². The molecule has 0 spiro atoms. The molecule has 8 heteroatoms. The Bertz CT molecular complexity index is 106. The van der Waals surface area contributed by atoms with Crippen LogP contribution in [0.25, 0.3) is 0 Å². The van der Waals surface area contributed by atoms with Crippen molar-refractivity contribution in [3.05, 3.63) is 10.1 Å². The van der Waals surface area contributed by atoms with Gasteiger partial charge in [-0.05, 0) is 0 Å². The summed E-state index contributed by atoms with van der Waals surface area (Å²) in [6.45, 7) is -1.33. The van der Waals surface area contributed by atoms with Crippen molar-refractivity contribution in [3.8, 4) is 0 Å². The molecule has 0 amide bonds. The number of nitro groups is 1. The van der Waals surface area contributed by atoms with Crippen LogP contribution in [0.3, 0.4) is 0 Å². The predicted molar refractivity (Wildman–Crippen MR) is 12.9 cm³/mol. The van der Waals surface area contributed by atoms with Crippen molar-refractivity contribution in [2.45, 2.75) is 0 Å². The standard InChI is InChI=1S/CH2ClNO6/c4-2(5,6)9-1-3(7)8/h1H2. The van der Waals surface area contributed by atoms with E-state index in [1.807, 2.05) is 0 Å². The van der Waals surface area contributed by atoms with Crippen LogP contribution < -0.4 is 14.0 Å². The quantitative estimate of drug-likeness (QED) is 0.236. The van der Waals surface area contributed by atoms with Gasteiger partial charge in [-0.1, -0.05) is 0 Å². The highest BCUT2D eigenvalue weighted by Crippen LogP contribution is 1.85. The zero-order valence-corrected chi connectivity index (χ0v) is 4.74. The summed E-state index contributed by atoms with van der Waals surface area (Å²) >= 11 is 0. The SMILES string of the molecule is O=[N+]([O-])CO[Cl+3]([O-])([O-])[O-]. The molecule has 0 aromatic carbocycles. The van der Waals surface area contributed by atoms with E-state index in [0.717, 1.165) is 0 Å². The molecular weight excluding hydrogens is 157 g/mol. The van der Waals surface area contributed by atoms with Gasteiger partial charge in [0.1, 0.15) is 4.29 Å². The molecule has 0 aromatic heterocycles. The molecule has 0 atom stereocenters. The summed E-state index contributed by atoms with van der Waals surface area (Å²) in [5, 5.41) is 9.32. The molecule has 0 radical (unpaired) electrons. The van der Waals surface area contributed by atoms with Crippen molar-refractivity contribution < 1.29 is 33.4 Å². The fourth-order valence-electron chi connectivity index (χ4n) is 0.0996. The Balaban J connectivity index is 3.39. The topological polar surface area (TPSA) is 122 Å². The molecular formula is CH2ClNO6. The molecule has 0 saturated heterocycles. The fourth-order valence-corrected chi connectivity index (χ4v) is 0.299. The Morgan fingerprint density at radius 2 is 1.89 bits per heavy atom. The fraction of sp³-hybridized carbons (Fsp3) is 1.00. The maximum Gasteiger partial charge on any atom is 0.446 e. The van der Waals surface area contributed by atoms with Gasteiger partial charge in [0.2, 0.25) is 0 Å². The van der Waals surface area contributed by atoms with Gasteiger partial charge in [-0.2, -0.15) is 14.0 Å². The van der Waals surface area contributed by atoms with Gasteiger partial charge in [0.15, 0.2) is 0 Å². The summed E-state index contributed by atoms with van der Waals surface area (Å²) in [5.41, 5.74) is 0. The van der Waals surface area contributed by atoms with Crippen molar-refractivity contribution in [2.24, 2.45) is 0 Å². The molecule has 0 aliphatic heterocycles. The highest BCUT2D eigenvalue weighted by molar-refractivity contribution is 3.97. The van der Waals surface area contributed by atoms with Gasteiger partial charge < -0.3 is 0 Å². The van der Waals surface area contributed by atoms with Crippen molar-refractivity contribution in [3.63, 3.8) is 0 Å². The van der Waals surface area contributed by atoms with E-state index >= 15 is 0 Å². The van der Waals surface area contributed by atoms with E-state index in [2.05, 4.69) is 4.29 Å². The van der Waals surface area contributed by atoms with Gasteiger partial charge in [0.05, 0.1) is 15.2 Å². The van der Waals surface area contributed by atoms with Gasteiger partial charge in [0, 0.05) is 0 Å². The number of hydrogen-bond acceptors (Lipinski definition) is 6. The van der Waals surface area contributed by atoms with Crippen LogP contribution >= 0.6 is 0 Å². The van der Waals surface area contributed by atoms with Crippen LogP contribution in [0.1, 0.15) is 0 Å². The zero-order chi connectivity index (χ0) is 7.49. The monoisotopic (exact) mass is 159 g/mol. The molecule has 0 bridgehead atoms. The Kier molecular flexibility index (Phi) is 2.74. The van der Waals surface area contributed by atoms with E-state index in [-0.39, 0.29) is 0 Å². The Morgan fingerprint density at radius 3 is 2.00 bits per heavy atom. The Hall–Kier alpha value is -0.470. The van der Waals surface area contributed by atoms with Crippen molar-refractivity contribution in [1.82, 2.24) is 0 Å². The maximum absolute atomic E-state index is 9.43. The molecule has 0 N–H and O–H groups in total. The van der Waals surface area contributed by atoms with Crippen LogP contribution in [-0.4, -0.2) is 11.7 Å². The van der Waals surface area contributed by atoms with Crippen molar-refractivity contribution in [1.29, 1.82) is 0 Å². The molecule has 0 aromatic rings. The number of hydrogen-bond donors (Lipinski definition) is 0. The molecule has 0 saturated carbocycles. The summed E-state index contributed by atoms with van der Waals surface area (Å²) in [4.78, 5) is 8.24. The lowest BCUT2D eigenvalue weighted by Gasteiger charge is -2.08. The van der Waals surface area contributed by atoms with E-state index in [4.69, 9.17) is 0 Å². The van der Waals surface area contributed by atoms with Gasteiger partial charge in [-0.3, -0.25) is 10.1 Å². The third kappa shape index (κ3) is 7.53. The van der Waals surface area contributed by atoms with Gasteiger partial charge in [-0.15, -0.1) is 0 Å². The third-order valence-corrected chi connectivity index (χ3v) is 0.653.